The summed E-state index contributed by atoms with van der Waals surface area (Å²) < 4.78 is 2.14. The molecule has 1 amide bonds. The third-order valence-corrected chi connectivity index (χ3v) is 4.27. The fourth-order valence-electron chi connectivity index (χ4n) is 3.16. The highest BCUT2D eigenvalue weighted by atomic mass is 16.2. The standard InChI is InChI=1S/C15H21N3O/c19-15(13-5-2-1-3-6-13)17-9-4-7-14(11-17)18-10-8-16-12-18/h1-2,8,10,12-14H,3-7,9,11H2. The molecule has 4 nitrogen and oxygen atoms in total. The van der Waals surface area contributed by atoms with Gasteiger partial charge in [-0.15, -0.1) is 0 Å². The summed E-state index contributed by atoms with van der Waals surface area (Å²) in [6.07, 6.45) is 15.2. The zero-order chi connectivity index (χ0) is 13.1. The molecule has 0 N–H and O–H groups in total. The van der Waals surface area contributed by atoms with E-state index in [2.05, 4.69) is 26.6 Å². The Labute approximate surface area is 114 Å². The van der Waals surface area contributed by atoms with Crippen LogP contribution >= 0.6 is 0 Å². The van der Waals surface area contributed by atoms with Gasteiger partial charge in [0.25, 0.3) is 0 Å². The van der Waals surface area contributed by atoms with E-state index in [0.29, 0.717) is 11.9 Å². The van der Waals surface area contributed by atoms with Gasteiger partial charge < -0.3 is 9.47 Å². The highest BCUT2D eigenvalue weighted by molar-refractivity contribution is 5.79. The van der Waals surface area contributed by atoms with Crippen LogP contribution in [0.4, 0.5) is 0 Å². The van der Waals surface area contributed by atoms with Crippen molar-refractivity contribution in [3.63, 3.8) is 0 Å². The third-order valence-electron chi connectivity index (χ3n) is 4.27. The Kier molecular flexibility index (Phi) is 3.67. The van der Waals surface area contributed by atoms with Gasteiger partial charge in [0.05, 0.1) is 12.4 Å². The van der Waals surface area contributed by atoms with Crippen LogP contribution in [0.5, 0.6) is 0 Å². The van der Waals surface area contributed by atoms with Gasteiger partial charge in [-0.3, -0.25) is 4.79 Å². The van der Waals surface area contributed by atoms with Crippen LogP contribution in [-0.2, 0) is 4.79 Å². The number of aromatic nitrogens is 2. The third kappa shape index (κ3) is 2.72. The topological polar surface area (TPSA) is 38.1 Å². The van der Waals surface area contributed by atoms with Crippen LogP contribution in [0.15, 0.2) is 30.9 Å². The van der Waals surface area contributed by atoms with E-state index in [-0.39, 0.29) is 5.92 Å². The molecule has 102 valence electrons. The van der Waals surface area contributed by atoms with Crippen molar-refractivity contribution in [2.24, 2.45) is 5.92 Å². The fraction of sp³-hybridized carbons (Fsp3) is 0.600. The Balaban J connectivity index is 1.64. The van der Waals surface area contributed by atoms with Crippen molar-refractivity contribution in [3.8, 4) is 0 Å². The SMILES string of the molecule is O=C(C1CC=CCC1)N1CCCC(n2ccnc2)C1. The second-order valence-electron chi connectivity index (χ2n) is 5.57. The zero-order valence-corrected chi connectivity index (χ0v) is 11.2. The second kappa shape index (κ2) is 5.59. The number of carbonyl (C=O) groups excluding carboxylic acids is 1. The maximum absolute atomic E-state index is 12.5. The number of carbonyl (C=O) groups is 1. The Morgan fingerprint density at radius 3 is 2.95 bits per heavy atom. The first kappa shape index (κ1) is 12.5. The number of hydrogen-bond acceptors (Lipinski definition) is 2. The molecule has 2 aliphatic rings. The highest BCUT2D eigenvalue weighted by Gasteiger charge is 2.29. The fourth-order valence-corrected chi connectivity index (χ4v) is 3.16. The lowest BCUT2D eigenvalue weighted by Gasteiger charge is -2.35. The summed E-state index contributed by atoms with van der Waals surface area (Å²) in [6.45, 7) is 1.76. The maximum Gasteiger partial charge on any atom is 0.226 e. The number of imidazole rings is 1. The molecule has 19 heavy (non-hydrogen) atoms. The van der Waals surface area contributed by atoms with Gasteiger partial charge >= 0.3 is 0 Å². The van der Waals surface area contributed by atoms with E-state index in [0.717, 1.165) is 45.2 Å². The van der Waals surface area contributed by atoms with Crippen LogP contribution in [0.2, 0.25) is 0 Å². The van der Waals surface area contributed by atoms with E-state index in [1.54, 1.807) is 0 Å². The summed E-state index contributed by atoms with van der Waals surface area (Å²) in [5, 5.41) is 0. The molecular weight excluding hydrogens is 238 g/mol. The molecule has 1 aromatic rings. The lowest BCUT2D eigenvalue weighted by atomic mass is 9.92. The van der Waals surface area contributed by atoms with Gasteiger partial charge in [0.1, 0.15) is 0 Å². The number of allylic oxidation sites excluding steroid dienone is 2. The molecule has 0 spiro atoms. The van der Waals surface area contributed by atoms with Crippen molar-refractivity contribution in [2.45, 2.75) is 38.1 Å². The van der Waals surface area contributed by atoms with E-state index in [4.69, 9.17) is 0 Å². The molecular formula is C15H21N3O. The summed E-state index contributed by atoms with van der Waals surface area (Å²) in [5.41, 5.74) is 0. The molecule has 2 unspecified atom stereocenters. The highest BCUT2D eigenvalue weighted by Crippen LogP contribution is 2.26. The van der Waals surface area contributed by atoms with Crippen molar-refractivity contribution in [1.29, 1.82) is 0 Å². The molecule has 4 heteroatoms. The number of nitrogens with zero attached hydrogens (tertiary/aromatic N) is 3. The molecule has 2 heterocycles. The van der Waals surface area contributed by atoms with Gasteiger partial charge in [-0.25, -0.2) is 4.98 Å². The zero-order valence-electron chi connectivity index (χ0n) is 11.2. The predicted molar refractivity (Wildman–Crippen MR) is 73.6 cm³/mol. The van der Waals surface area contributed by atoms with Crippen molar-refractivity contribution < 1.29 is 4.79 Å². The van der Waals surface area contributed by atoms with Crippen molar-refractivity contribution >= 4 is 5.91 Å². The van der Waals surface area contributed by atoms with E-state index >= 15 is 0 Å². The van der Waals surface area contributed by atoms with Gasteiger partial charge in [0.2, 0.25) is 5.91 Å². The summed E-state index contributed by atoms with van der Waals surface area (Å²) in [5.74, 6) is 0.570. The molecule has 1 aliphatic heterocycles. The molecule has 1 fully saturated rings. The number of likely N-dealkylation sites (tertiary alicyclic amines) is 1. The molecule has 0 bridgehead atoms. The molecule has 1 aliphatic carbocycles. The van der Waals surface area contributed by atoms with Crippen LogP contribution in [0.1, 0.15) is 38.1 Å². The first-order valence-corrected chi connectivity index (χ1v) is 7.26. The molecule has 2 atom stereocenters. The van der Waals surface area contributed by atoms with Crippen LogP contribution in [0, 0.1) is 5.92 Å². The Hall–Kier alpha value is -1.58. The van der Waals surface area contributed by atoms with Crippen molar-refractivity contribution in [1.82, 2.24) is 14.5 Å². The predicted octanol–water partition coefficient (Wildman–Crippen LogP) is 2.40. The largest absolute Gasteiger partial charge is 0.340 e. The summed E-state index contributed by atoms with van der Waals surface area (Å²) >= 11 is 0. The summed E-state index contributed by atoms with van der Waals surface area (Å²) in [7, 11) is 0. The quantitative estimate of drug-likeness (QED) is 0.765. The molecule has 3 rings (SSSR count). The number of rotatable bonds is 2. The Morgan fingerprint density at radius 1 is 1.26 bits per heavy atom. The van der Waals surface area contributed by atoms with Gasteiger partial charge in [0.15, 0.2) is 0 Å². The van der Waals surface area contributed by atoms with Crippen LogP contribution in [-0.4, -0.2) is 33.4 Å². The van der Waals surface area contributed by atoms with Gasteiger partial charge in [-0.1, -0.05) is 12.2 Å². The number of hydrogen-bond donors (Lipinski definition) is 0. The van der Waals surface area contributed by atoms with Gasteiger partial charge in [0, 0.05) is 31.4 Å². The van der Waals surface area contributed by atoms with E-state index in [9.17, 15) is 4.79 Å². The number of piperidine rings is 1. The van der Waals surface area contributed by atoms with Gasteiger partial charge in [-0.2, -0.15) is 0 Å². The lowest BCUT2D eigenvalue weighted by Crippen LogP contribution is -2.43. The van der Waals surface area contributed by atoms with Gasteiger partial charge in [-0.05, 0) is 32.1 Å². The molecule has 1 saturated heterocycles. The lowest BCUT2D eigenvalue weighted by molar-refractivity contribution is -0.137. The molecule has 0 radical (unpaired) electrons. The molecule has 0 saturated carbocycles. The molecule has 0 aromatic carbocycles. The van der Waals surface area contributed by atoms with Crippen LogP contribution in [0.3, 0.4) is 0 Å². The average Bonchev–Trinajstić information content (AvgIpc) is 3.02. The first-order valence-electron chi connectivity index (χ1n) is 7.26. The summed E-state index contributed by atoms with van der Waals surface area (Å²) in [4.78, 5) is 18.7. The molecule has 1 aromatic heterocycles. The smallest absolute Gasteiger partial charge is 0.226 e. The minimum atomic E-state index is 0.214. The van der Waals surface area contributed by atoms with Crippen LogP contribution < -0.4 is 0 Å². The Bertz CT molecular complexity index is 452. The van der Waals surface area contributed by atoms with Crippen molar-refractivity contribution in [3.05, 3.63) is 30.9 Å². The van der Waals surface area contributed by atoms with E-state index in [1.165, 1.54) is 0 Å². The minimum absolute atomic E-state index is 0.214. The normalized spacial score (nSPS) is 27.5. The minimum Gasteiger partial charge on any atom is -0.340 e. The monoisotopic (exact) mass is 259 g/mol. The average molecular weight is 259 g/mol. The van der Waals surface area contributed by atoms with Crippen molar-refractivity contribution in [2.75, 3.05) is 13.1 Å². The Morgan fingerprint density at radius 2 is 2.21 bits per heavy atom. The van der Waals surface area contributed by atoms with E-state index in [1.807, 2.05) is 18.7 Å². The number of amides is 1. The maximum atomic E-state index is 12.5. The second-order valence-corrected chi connectivity index (χ2v) is 5.57. The van der Waals surface area contributed by atoms with Crippen LogP contribution in [0.25, 0.3) is 0 Å². The summed E-state index contributed by atoms with van der Waals surface area (Å²) in [6, 6.07) is 0.402. The first-order chi connectivity index (χ1) is 9.34. The van der Waals surface area contributed by atoms with E-state index < -0.39 is 0 Å².